The molecule has 1 rings (SSSR count). The van der Waals surface area contributed by atoms with Gasteiger partial charge < -0.3 is 16.8 Å². The zero-order chi connectivity index (χ0) is 11.8. The molecule has 0 bridgehead atoms. The number of primary amides is 1. The zero-order valence-corrected chi connectivity index (χ0v) is 9.50. The molecule has 0 aromatic heterocycles. The number of hydrogen-bond acceptors (Lipinski definition) is 3. The number of nitrogens with two attached hydrogens (primary N) is 2. The molecule has 0 atom stereocenters. The van der Waals surface area contributed by atoms with Crippen molar-refractivity contribution in [1.82, 2.24) is 0 Å². The van der Waals surface area contributed by atoms with Crippen molar-refractivity contribution >= 4 is 17.8 Å². The van der Waals surface area contributed by atoms with Gasteiger partial charge in [-0.25, -0.2) is 0 Å². The normalized spacial score (nSPS) is 8.73. The van der Waals surface area contributed by atoms with E-state index in [1.54, 1.807) is 0 Å². The Morgan fingerprint density at radius 1 is 1.47 bits per heavy atom. The molecule has 0 unspecified atom stereocenters. The standard InChI is InChI=1S/C10H16N2.CH3NO/c1-4-8-5-6-9(12-3)7(2)10(8)11;2-1-3/h5-6,12H,4,11H2,1-3H3;1H,(H2,2,3). The second-order valence-electron chi connectivity index (χ2n) is 3.05. The molecule has 5 N–H and O–H groups in total. The lowest BCUT2D eigenvalue weighted by Crippen LogP contribution is -2.00. The molecule has 0 aliphatic carbocycles. The maximum absolute atomic E-state index is 8.58. The van der Waals surface area contributed by atoms with Crippen molar-refractivity contribution in [3.8, 4) is 0 Å². The van der Waals surface area contributed by atoms with E-state index in [9.17, 15) is 0 Å². The van der Waals surface area contributed by atoms with Gasteiger partial charge in [-0.15, -0.1) is 0 Å². The summed E-state index contributed by atoms with van der Waals surface area (Å²) in [6.45, 7) is 4.16. The predicted molar refractivity (Wildman–Crippen MR) is 64.8 cm³/mol. The van der Waals surface area contributed by atoms with Crippen LogP contribution in [0.15, 0.2) is 12.1 Å². The van der Waals surface area contributed by atoms with Gasteiger partial charge >= 0.3 is 0 Å². The topological polar surface area (TPSA) is 81.1 Å². The number of hydrogen-bond donors (Lipinski definition) is 3. The molecule has 4 heteroatoms. The fourth-order valence-corrected chi connectivity index (χ4v) is 1.36. The van der Waals surface area contributed by atoms with Crippen LogP contribution in [0.25, 0.3) is 0 Å². The molecule has 0 aliphatic rings. The molecule has 15 heavy (non-hydrogen) atoms. The summed E-state index contributed by atoms with van der Waals surface area (Å²) in [7, 11) is 1.91. The lowest BCUT2D eigenvalue weighted by atomic mass is 10.0. The van der Waals surface area contributed by atoms with Crippen molar-refractivity contribution in [3.05, 3.63) is 23.3 Å². The van der Waals surface area contributed by atoms with Crippen LogP contribution in [0.4, 0.5) is 11.4 Å². The van der Waals surface area contributed by atoms with Crippen molar-refractivity contribution in [2.75, 3.05) is 18.1 Å². The van der Waals surface area contributed by atoms with Crippen LogP contribution in [0.3, 0.4) is 0 Å². The van der Waals surface area contributed by atoms with Gasteiger partial charge in [0.2, 0.25) is 6.41 Å². The van der Waals surface area contributed by atoms with E-state index in [-0.39, 0.29) is 6.41 Å². The lowest BCUT2D eigenvalue weighted by Gasteiger charge is -2.11. The van der Waals surface area contributed by atoms with Crippen LogP contribution in [0.1, 0.15) is 18.1 Å². The molecule has 84 valence electrons. The summed E-state index contributed by atoms with van der Waals surface area (Å²) in [5.74, 6) is 0. The SMILES string of the molecule is CCc1ccc(NC)c(C)c1N.NC=O. The van der Waals surface area contributed by atoms with Crippen LogP contribution < -0.4 is 16.8 Å². The van der Waals surface area contributed by atoms with E-state index in [0.717, 1.165) is 23.4 Å². The first-order valence-corrected chi connectivity index (χ1v) is 4.83. The number of nitrogens with one attached hydrogen (secondary N) is 1. The van der Waals surface area contributed by atoms with Crippen LogP contribution in [-0.4, -0.2) is 13.5 Å². The highest BCUT2D eigenvalue weighted by Crippen LogP contribution is 2.24. The van der Waals surface area contributed by atoms with Gasteiger partial charge in [-0.2, -0.15) is 0 Å². The third-order valence-corrected chi connectivity index (χ3v) is 2.26. The highest BCUT2D eigenvalue weighted by molar-refractivity contribution is 5.66. The minimum absolute atomic E-state index is 0.250. The van der Waals surface area contributed by atoms with E-state index < -0.39 is 0 Å². The van der Waals surface area contributed by atoms with Crippen molar-refractivity contribution in [3.63, 3.8) is 0 Å². The van der Waals surface area contributed by atoms with Crippen LogP contribution >= 0.6 is 0 Å². The highest BCUT2D eigenvalue weighted by atomic mass is 16.1. The minimum atomic E-state index is 0.250. The Bertz CT molecular complexity index is 295. The fourth-order valence-electron chi connectivity index (χ4n) is 1.36. The number of anilines is 2. The number of carbonyl (C=O) groups excluding carboxylic acids is 1. The fraction of sp³-hybridized carbons (Fsp3) is 0.364. The van der Waals surface area contributed by atoms with Crippen LogP contribution in [-0.2, 0) is 11.2 Å². The Morgan fingerprint density at radius 2 is 2.00 bits per heavy atom. The van der Waals surface area contributed by atoms with Crippen LogP contribution in [0.2, 0.25) is 0 Å². The Kier molecular flexibility index (Phi) is 5.94. The molecule has 0 saturated carbocycles. The Morgan fingerprint density at radius 3 is 2.40 bits per heavy atom. The molecule has 1 aromatic rings. The number of nitrogen functional groups attached to an aromatic ring is 1. The van der Waals surface area contributed by atoms with Crippen LogP contribution in [0, 0.1) is 6.92 Å². The summed E-state index contributed by atoms with van der Waals surface area (Å²) in [4.78, 5) is 8.58. The summed E-state index contributed by atoms with van der Waals surface area (Å²) in [6.07, 6.45) is 1.25. The first-order chi connectivity index (χ1) is 7.12. The molecule has 0 saturated heterocycles. The van der Waals surface area contributed by atoms with E-state index >= 15 is 0 Å². The van der Waals surface area contributed by atoms with Crippen molar-refractivity contribution in [1.29, 1.82) is 0 Å². The van der Waals surface area contributed by atoms with E-state index in [1.807, 2.05) is 14.0 Å². The second kappa shape index (κ2) is 6.70. The molecule has 1 aromatic carbocycles. The average molecular weight is 209 g/mol. The minimum Gasteiger partial charge on any atom is -0.398 e. The van der Waals surface area contributed by atoms with Crippen molar-refractivity contribution in [2.24, 2.45) is 5.73 Å². The van der Waals surface area contributed by atoms with Crippen molar-refractivity contribution < 1.29 is 4.79 Å². The van der Waals surface area contributed by atoms with Gasteiger partial charge in [-0.3, -0.25) is 4.79 Å². The number of amides is 1. The number of rotatable bonds is 2. The van der Waals surface area contributed by atoms with Crippen molar-refractivity contribution in [2.45, 2.75) is 20.3 Å². The number of carbonyl (C=O) groups is 1. The summed E-state index contributed by atoms with van der Waals surface area (Å²) < 4.78 is 0. The third kappa shape index (κ3) is 3.50. The Hall–Kier alpha value is -1.71. The highest BCUT2D eigenvalue weighted by Gasteiger charge is 2.03. The second-order valence-corrected chi connectivity index (χ2v) is 3.05. The molecule has 0 fully saturated rings. The maximum Gasteiger partial charge on any atom is 0.204 e. The third-order valence-electron chi connectivity index (χ3n) is 2.26. The zero-order valence-electron chi connectivity index (χ0n) is 9.50. The number of benzene rings is 1. The average Bonchev–Trinajstić information content (AvgIpc) is 2.23. The van der Waals surface area contributed by atoms with Gasteiger partial charge in [0.1, 0.15) is 0 Å². The maximum atomic E-state index is 8.58. The summed E-state index contributed by atoms with van der Waals surface area (Å²) >= 11 is 0. The van der Waals surface area contributed by atoms with Gasteiger partial charge in [0.15, 0.2) is 0 Å². The molecule has 1 amide bonds. The monoisotopic (exact) mass is 209 g/mol. The largest absolute Gasteiger partial charge is 0.398 e. The van der Waals surface area contributed by atoms with Gasteiger partial charge in [0, 0.05) is 18.4 Å². The molecule has 0 heterocycles. The van der Waals surface area contributed by atoms with Gasteiger partial charge in [0.05, 0.1) is 0 Å². The summed E-state index contributed by atoms with van der Waals surface area (Å²) in [5, 5.41) is 3.11. The van der Waals surface area contributed by atoms with E-state index in [1.165, 1.54) is 5.56 Å². The molecule has 0 spiro atoms. The quantitative estimate of drug-likeness (QED) is 0.507. The molecular weight excluding hydrogens is 190 g/mol. The van der Waals surface area contributed by atoms with Gasteiger partial charge in [0.25, 0.3) is 0 Å². The summed E-state index contributed by atoms with van der Waals surface area (Å²) in [6, 6.07) is 4.15. The molecule has 0 aliphatic heterocycles. The summed E-state index contributed by atoms with van der Waals surface area (Å²) in [5.41, 5.74) is 14.5. The Labute approximate surface area is 90.7 Å². The number of aryl methyl sites for hydroxylation is 1. The molecular formula is C11H19N3O. The Balaban J connectivity index is 0.000000583. The van der Waals surface area contributed by atoms with Crippen LogP contribution in [0.5, 0.6) is 0 Å². The lowest BCUT2D eigenvalue weighted by molar-refractivity contribution is -0.106. The first kappa shape index (κ1) is 13.3. The van der Waals surface area contributed by atoms with Gasteiger partial charge in [-0.1, -0.05) is 13.0 Å². The smallest absolute Gasteiger partial charge is 0.204 e. The predicted octanol–water partition coefficient (Wildman–Crippen LogP) is 1.28. The van der Waals surface area contributed by atoms with Gasteiger partial charge in [-0.05, 0) is 30.5 Å². The molecule has 0 radical (unpaired) electrons. The van der Waals surface area contributed by atoms with E-state index in [4.69, 9.17) is 10.5 Å². The van der Waals surface area contributed by atoms with E-state index in [0.29, 0.717) is 0 Å². The van der Waals surface area contributed by atoms with E-state index in [2.05, 4.69) is 30.1 Å². The first-order valence-electron chi connectivity index (χ1n) is 4.83. The molecule has 4 nitrogen and oxygen atoms in total.